The van der Waals surface area contributed by atoms with Crippen LogP contribution < -0.4 is 0 Å². The summed E-state index contributed by atoms with van der Waals surface area (Å²) in [5.41, 5.74) is 8.48. The van der Waals surface area contributed by atoms with E-state index >= 15 is 0 Å². The van der Waals surface area contributed by atoms with Crippen LogP contribution in [0.1, 0.15) is 179 Å². The standard InChI is InChI=1S/C42H68N2.Ni/c1-6-9-12-13-14-15-16-17-18-19-20-21-22-23-25-26-38-29-31-39(32-30-38)43-41(27-11-8-3)42(28-24-10-7-2)44-40-34-36(4)33-37(5)35-40;/h29-35H,6-28H2,1-5H3;. The third-order valence-corrected chi connectivity index (χ3v) is 8.86. The SMILES string of the molecule is CCCCCCCCCCCCCCCCCc1ccc(N=C(CCCC)C(CCCCC)=Nc2cc(C)cc(C)c2)cc1.[Ni]. The summed E-state index contributed by atoms with van der Waals surface area (Å²) in [5.74, 6) is 0. The molecule has 0 radical (unpaired) electrons. The number of aryl methyl sites for hydroxylation is 3. The Bertz CT molecular complexity index is 1030. The third kappa shape index (κ3) is 20.2. The van der Waals surface area contributed by atoms with Gasteiger partial charge in [0.2, 0.25) is 0 Å². The normalized spacial score (nSPS) is 12.0. The molecule has 0 saturated heterocycles. The fourth-order valence-corrected chi connectivity index (χ4v) is 6.18. The first-order valence-corrected chi connectivity index (χ1v) is 18.9. The molecule has 0 fully saturated rings. The van der Waals surface area contributed by atoms with Crippen LogP contribution in [0.3, 0.4) is 0 Å². The number of aliphatic imine (C=N–C) groups is 2. The number of nitrogens with zero attached hydrogens (tertiary/aromatic N) is 2. The van der Waals surface area contributed by atoms with Crippen molar-refractivity contribution in [3.8, 4) is 0 Å². The van der Waals surface area contributed by atoms with Gasteiger partial charge in [-0.1, -0.05) is 148 Å². The summed E-state index contributed by atoms with van der Waals surface area (Å²) >= 11 is 0. The minimum Gasteiger partial charge on any atom is -0.252 e. The molecule has 0 heterocycles. The van der Waals surface area contributed by atoms with Gasteiger partial charge in [0.1, 0.15) is 0 Å². The summed E-state index contributed by atoms with van der Waals surface area (Å²) < 4.78 is 0. The second-order valence-electron chi connectivity index (χ2n) is 13.4. The van der Waals surface area contributed by atoms with Gasteiger partial charge in [-0.25, -0.2) is 0 Å². The van der Waals surface area contributed by atoms with Crippen molar-refractivity contribution >= 4 is 22.8 Å². The zero-order valence-electron chi connectivity index (χ0n) is 30.0. The van der Waals surface area contributed by atoms with E-state index in [1.54, 1.807) is 0 Å². The van der Waals surface area contributed by atoms with Gasteiger partial charge in [0.05, 0.1) is 22.8 Å². The van der Waals surface area contributed by atoms with Crippen molar-refractivity contribution in [1.82, 2.24) is 0 Å². The van der Waals surface area contributed by atoms with Crippen LogP contribution in [0.4, 0.5) is 11.4 Å². The maximum Gasteiger partial charge on any atom is 0.0639 e. The summed E-state index contributed by atoms with van der Waals surface area (Å²) in [5, 5.41) is 0. The molecule has 0 saturated carbocycles. The van der Waals surface area contributed by atoms with Crippen LogP contribution in [0.2, 0.25) is 0 Å². The fourth-order valence-electron chi connectivity index (χ4n) is 6.18. The molecule has 0 aliphatic rings. The number of benzene rings is 2. The van der Waals surface area contributed by atoms with Crippen LogP contribution in [0.15, 0.2) is 52.4 Å². The van der Waals surface area contributed by atoms with Crippen LogP contribution in [0.25, 0.3) is 0 Å². The van der Waals surface area contributed by atoms with E-state index in [-0.39, 0.29) is 16.5 Å². The first kappa shape index (κ1) is 41.3. The van der Waals surface area contributed by atoms with Gasteiger partial charge in [0, 0.05) is 16.5 Å². The minimum absolute atomic E-state index is 0. The molecule has 2 rings (SSSR count). The van der Waals surface area contributed by atoms with Gasteiger partial charge in [-0.2, -0.15) is 0 Å². The van der Waals surface area contributed by atoms with E-state index in [9.17, 15) is 0 Å². The molecule has 3 heteroatoms. The molecule has 2 aromatic carbocycles. The monoisotopic (exact) mass is 658 g/mol. The summed E-state index contributed by atoms with van der Waals surface area (Å²) in [4.78, 5) is 10.4. The molecule has 0 N–H and O–H groups in total. The molecule has 0 aliphatic heterocycles. The van der Waals surface area contributed by atoms with Crippen molar-refractivity contribution in [1.29, 1.82) is 0 Å². The van der Waals surface area contributed by atoms with Gasteiger partial charge in [0.25, 0.3) is 0 Å². The molecule has 2 nitrogen and oxygen atoms in total. The third-order valence-electron chi connectivity index (χ3n) is 8.86. The van der Waals surface area contributed by atoms with Gasteiger partial charge in [-0.05, 0) is 93.3 Å². The average Bonchev–Trinajstić information content (AvgIpc) is 3.01. The van der Waals surface area contributed by atoms with Gasteiger partial charge in [-0.3, -0.25) is 9.98 Å². The molecular weight excluding hydrogens is 591 g/mol. The topological polar surface area (TPSA) is 24.7 Å². The zero-order chi connectivity index (χ0) is 31.7. The van der Waals surface area contributed by atoms with Gasteiger partial charge in [0.15, 0.2) is 0 Å². The van der Waals surface area contributed by atoms with E-state index in [1.807, 2.05) is 0 Å². The molecule has 256 valence electrons. The van der Waals surface area contributed by atoms with Gasteiger partial charge in [-0.15, -0.1) is 0 Å². The first-order chi connectivity index (χ1) is 21.5. The largest absolute Gasteiger partial charge is 0.252 e. The van der Waals surface area contributed by atoms with E-state index in [2.05, 4.69) is 77.1 Å². The molecule has 0 bridgehead atoms. The molecule has 0 spiro atoms. The van der Waals surface area contributed by atoms with Gasteiger partial charge >= 0.3 is 0 Å². The summed E-state index contributed by atoms with van der Waals surface area (Å²) in [7, 11) is 0. The smallest absolute Gasteiger partial charge is 0.0639 e. The maximum atomic E-state index is 5.22. The van der Waals surface area contributed by atoms with Crippen molar-refractivity contribution < 1.29 is 16.5 Å². The summed E-state index contributed by atoms with van der Waals surface area (Å²) in [6.45, 7) is 11.2. The Balaban J connectivity index is 0.0000101. The quantitative estimate of drug-likeness (QED) is 0.0546. The van der Waals surface area contributed by atoms with Crippen LogP contribution >= 0.6 is 0 Å². The second-order valence-corrected chi connectivity index (χ2v) is 13.4. The van der Waals surface area contributed by atoms with E-state index < -0.39 is 0 Å². The first-order valence-electron chi connectivity index (χ1n) is 18.9. The van der Waals surface area contributed by atoms with Crippen molar-refractivity contribution in [2.24, 2.45) is 9.98 Å². The van der Waals surface area contributed by atoms with E-state index in [0.29, 0.717) is 0 Å². The molecule has 0 atom stereocenters. The Morgan fingerprint density at radius 2 is 0.844 bits per heavy atom. The van der Waals surface area contributed by atoms with Gasteiger partial charge < -0.3 is 0 Å². The predicted octanol–water partition coefficient (Wildman–Crippen LogP) is 14.3. The predicted molar refractivity (Wildman–Crippen MR) is 199 cm³/mol. The Morgan fingerprint density at radius 1 is 0.444 bits per heavy atom. The molecule has 2 aromatic rings. The summed E-state index contributed by atoms with van der Waals surface area (Å²) in [6, 6.07) is 15.7. The molecular formula is C42H68N2Ni. The van der Waals surface area contributed by atoms with Crippen molar-refractivity contribution in [2.45, 2.75) is 182 Å². The minimum atomic E-state index is 0. The van der Waals surface area contributed by atoms with Crippen LogP contribution in [0, 0.1) is 13.8 Å². The Hall–Kier alpha value is -1.73. The van der Waals surface area contributed by atoms with Crippen LogP contribution in [-0.2, 0) is 22.9 Å². The van der Waals surface area contributed by atoms with E-state index in [4.69, 9.17) is 9.98 Å². The van der Waals surface area contributed by atoms with Crippen molar-refractivity contribution in [3.05, 3.63) is 59.2 Å². The number of hydrogen-bond donors (Lipinski definition) is 0. The maximum absolute atomic E-state index is 5.22. The van der Waals surface area contributed by atoms with Crippen molar-refractivity contribution in [2.75, 3.05) is 0 Å². The number of unbranched alkanes of at least 4 members (excludes halogenated alkanes) is 17. The van der Waals surface area contributed by atoms with E-state index in [1.165, 1.54) is 157 Å². The van der Waals surface area contributed by atoms with E-state index in [0.717, 1.165) is 30.6 Å². The second kappa shape index (κ2) is 27.4. The van der Waals surface area contributed by atoms with Crippen LogP contribution in [0.5, 0.6) is 0 Å². The fraction of sp³-hybridized carbons (Fsp3) is 0.667. The number of hydrogen-bond acceptors (Lipinski definition) is 2. The Labute approximate surface area is 289 Å². The number of rotatable bonds is 26. The Morgan fingerprint density at radius 3 is 1.33 bits per heavy atom. The molecule has 45 heavy (non-hydrogen) atoms. The average molecular weight is 660 g/mol. The zero-order valence-corrected chi connectivity index (χ0v) is 31.0. The molecule has 0 unspecified atom stereocenters. The molecule has 0 aliphatic carbocycles. The summed E-state index contributed by atoms with van der Waals surface area (Å²) in [6.07, 6.45) is 30.4. The molecule has 0 amide bonds. The van der Waals surface area contributed by atoms with Crippen LogP contribution in [-0.4, -0.2) is 11.4 Å². The molecule has 0 aromatic heterocycles. The van der Waals surface area contributed by atoms with Crippen molar-refractivity contribution in [3.63, 3.8) is 0 Å². The Kier molecular flexibility index (Phi) is 25.1.